The number of hydrogen-bond acceptors (Lipinski definition) is 4. The lowest BCUT2D eigenvalue weighted by atomic mass is 10.1. The molecule has 0 saturated carbocycles. The van der Waals surface area contributed by atoms with Crippen LogP contribution in [0.3, 0.4) is 0 Å². The van der Waals surface area contributed by atoms with Crippen molar-refractivity contribution in [2.45, 2.75) is 45.1 Å². The van der Waals surface area contributed by atoms with Crippen LogP contribution in [0.2, 0.25) is 0 Å². The van der Waals surface area contributed by atoms with Gasteiger partial charge in [-0.15, -0.1) is 0 Å². The van der Waals surface area contributed by atoms with Crippen molar-refractivity contribution in [3.63, 3.8) is 0 Å². The Hall–Kier alpha value is -1.49. The first-order valence-corrected chi connectivity index (χ1v) is 6.40. The van der Waals surface area contributed by atoms with E-state index in [1.165, 1.54) is 12.6 Å². The molecule has 1 N–H and O–H groups in total. The second-order valence-corrected chi connectivity index (χ2v) is 4.50. The molecule has 1 saturated heterocycles. The molecule has 1 aliphatic heterocycles. The van der Waals surface area contributed by atoms with Crippen molar-refractivity contribution in [1.82, 2.24) is 9.97 Å². The summed E-state index contributed by atoms with van der Waals surface area (Å²) in [5.41, 5.74) is 0.800. The highest BCUT2D eigenvalue weighted by Crippen LogP contribution is 2.16. The van der Waals surface area contributed by atoms with E-state index in [0.29, 0.717) is 24.4 Å². The highest BCUT2D eigenvalue weighted by atomic mass is 16.5. The third-order valence-corrected chi connectivity index (χ3v) is 3.17. The van der Waals surface area contributed by atoms with E-state index >= 15 is 0 Å². The smallest absolute Gasteiger partial charge is 0.339 e. The summed E-state index contributed by atoms with van der Waals surface area (Å²) in [5, 5.41) is 9.00. The van der Waals surface area contributed by atoms with E-state index in [2.05, 4.69) is 9.97 Å². The number of aromatic nitrogens is 2. The number of carbonyl (C=O) groups is 1. The Morgan fingerprint density at radius 2 is 2.39 bits per heavy atom. The Labute approximate surface area is 106 Å². The molecule has 1 aliphatic rings. The van der Waals surface area contributed by atoms with Gasteiger partial charge in [0.05, 0.1) is 17.4 Å². The van der Waals surface area contributed by atoms with Gasteiger partial charge < -0.3 is 9.84 Å². The summed E-state index contributed by atoms with van der Waals surface area (Å²) in [5.74, 6) is -0.281. The van der Waals surface area contributed by atoms with E-state index in [9.17, 15) is 4.79 Å². The molecule has 1 unspecified atom stereocenters. The van der Waals surface area contributed by atoms with Crippen molar-refractivity contribution in [3.05, 3.63) is 23.3 Å². The van der Waals surface area contributed by atoms with Gasteiger partial charge in [-0.2, -0.15) is 0 Å². The van der Waals surface area contributed by atoms with Gasteiger partial charge in [-0.1, -0.05) is 6.92 Å². The number of nitrogens with zero attached hydrogens (tertiary/aromatic N) is 2. The zero-order valence-electron chi connectivity index (χ0n) is 10.6. The second-order valence-electron chi connectivity index (χ2n) is 4.50. The van der Waals surface area contributed by atoms with Crippen LogP contribution in [0.25, 0.3) is 0 Å². The molecule has 1 atom stereocenters. The average molecular weight is 250 g/mol. The number of hydrogen-bond donors (Lipinski definition) is 1. The van der Waals surface area contributed by atoms with Crippen LogP contribution in [0.1, 0.15) is 48.1 Å². The Bertz CT molecular complexity index is 428. The first-order valence-electron chi connectivity index (χ1n) is 6.40. The average Bonchev–Trinajstić information content (AvgIpc) is 2.39. The summed E-state index contributed by atoms with van der Waals surface area (Å²) in [6.07, 6.45) is 6.20. The third kappa shape index (κ3) is 3.04. The molecule has 5 nitrogen and oxygen atoms in total. The van der Waals surface area contributed by atoms with Crippen molar-refractivity contribution < 1.29 is 14.6 Å². The zero-order chi connectivity index (χ0) is 13.0. The van der Waals surface area contributed by atoms with E-state index in [1.807, 2.05) is 6.92 Å². The minimum Gasteiger partial charge on any atom is -0.478 e. The standard InChI is InChI=1S/C13H18N2O3/c1-2-11-10(13(16)17)8-14-12(15-11)7-9-5-3-4-6-18-9/h8-9H,2-7H2,1H3,(H,16,17). The molecule has 1 aromatic rings. The fourth-order valence-electron chi connectivity index (χ4n) is 2.18. The molecule has 98 valence electrons. The molecule has 5 heteroatoms. The van der Waals surface area contributed by atoms with E-state index in [4.69, 9.17) is 9.84 Å². The highest BCUT2D eigenvalue weighted by Gasteiger charge is 2.18. The topological polar surface area (TPSA) is 72.3 Å². The van der Waals surface area contributed by atoms with Crippen molar-refractivity contribution in [3.8, 4) is 0 Å². The predicted molar refractivity (Wildman–Crippen MR) is 65.7 cm³/mol. The van der Waals surface area contributed by atoms with Crippen LogP contribution in [0.15, 0.2) is 6.20 Å². The number of aromatic carboxylic acids is 1. The van der Waals surface area contributed by atoms with E-state index in [1.54, 1.807) is 0 Å². The summed E-state index contributed by atoms with van der Waals surface area (Å²) < 4.78 is 5.64. The lowest BCUT2D eigenvalue weighted by molar-refractivity contribution is 0.0156. The van der Waals surface area contributed by atoms with Crippen LogP contribution in [-0.2, 0) is 17.6 Å². The SMILES string of the molecule is CCc1nc(CC2CCCCO2)ncc1C(=O)O. The zero-order valence-corrected chi connectivity index (χ0v) is 10.6. The molecule has 0 amide bonds. The van der Waals surface area contributed by atoms with Gasteiger partial charge in [-0.05, 0) is 25.7 Å². The molecule has 1 fully saturated rings. The van der Waals surface area contributed by atoms with Gasteiger partial charge in [0.1, 0.15) is 5.82 Å². The van der Waals surface area contributed by atoms with Crippen molar-refractivity contribution in [2.24, 2.45) is 0 Å². The summed E-state index contributed by atoms with van der Waals surface area (Å²) in [6.45, 7) is 2.70. The Kier molecular flexibility index (Phi) is 4.25. The van der Waals surface area contributed by atoms with Crippen molar-refractivity contribution in [1.29, 1.82) is 0 Å². The second kappa shape index (κ2) is 5.91. The fraction of sp³-hybridized carbons (Fsp3) is 0.615. The summed E-state index contributed by atoms with van der Waals surface area (Å²) >= 11 is 0. The van der Waals surface area contributed by atoms with Gasteiger partial charge in [0.2, 0.25) is 0 Å². The molecule has 18 heavy (non-hydrogen) atoms. The summed E-state index contributed by atoms with van der Waals surface area (Å²) in [6, 6.07) is 0. The minimum absolute atomic E-state index is 0.180. The molecule has 0 aromatic carbocycles. The largest absolute Gasteiger partial charge is 0.478 e. The molecular weight excluding hydrogens is 232 g/mol. The minimum atomic E-state index is -0.965. The fourth-order valence-corrected chi connectivity index (χ4v) is 2.18. The first kappa shape index (κ1) is 13.0. The van der Waals surface area contributed by atoms with Gasteiger partial charge >= 0.3 is 5.97 Å². The van der Waals surface area contributed by atoms with E-state index in [-0.39, 0.29) is 11.7 Å². The van der Waals surface area contributed by atoms with Crippen LogP contribution in [0.5, 0.6) is 0 Å². The van der Waals surface area contributed by atoms with Crippen LogP contribution in [0, 0.1) is 0 Å². The number of ether oxygens (including phenoxy) is 1. The summed E-state index contributed by atoms with van der Waals surface area (Å²) in [4.78, 5) is 19.4. The highest BCUT2D eigenvalue weighted by molar-refractivity contribution is 5.88. The number of rotatable bonds is 4. The molecule has 2 heterocycles. The first-order chi connectivity index (χ1) is 8.70. The Morgan fingerprint density at radius 1 is 1.56 bits per heavy atom. The van der Waals surface area contributed by atoms with Gasteiger partial charge in [0, 0.05) is 19.2 Å². The molecule has 0 bridgehead atoms. The molecule has 0 aliphatic carbocycles. The van der Waals surface area contributed by atoms with Gasteiger partial charge in [-0.3, -0.25) is 0 Å². The van der Waals surface area contributed by atoms with Gasteiger partial charge in [-0.25, -0.2) is 14.8 Å². The number of carboxylic acids is 1. The molecule has 0 radical (unpaired) electrons. The molecule has 2 rings (SSSR count). The van der Waals surface area contributed by atoms with Crippen LogP contribution in [-0.4, -0.2) is 33.8 Å². The Balaban J connectivity index is 2.11. The van der Waals surface area contributed by atoms with Gasteiger partial charge in [0.25, 0.3) is 0 Å². The van der Waals surface area contributed by atoms with E-state index < -0.39 is 5.97 Å². The predicted octanol–water partition coefficient (Wildman–Crippen LogP) is 1.85. The molecular formula is C13H18N2O3. The van der Waals surface area contributed by atoms with E-state index in [0.717, 1.165) is 19.4 Å². The normalized spacial score (nSPS) is 19.7. The monoisotopic (exact) mass is 250 g/mol. The Morgan fingerprint density at radius 3 is 3.00 bits per heavy atom. The number of aryl methyl sites for hydroxylation is 1. The maximum Gasteiger partial charge on any atom is 0.339 e. The third-order valence-electron chi connectivity index (χ3n) is 3.17. The number of carboxylic acid groups (broad SMARTS) is 1. The van der Waals surface area contributed by atoms with Gasteiger partial charge in [0.15, 0.2) is 0 Å². The maximum absolute atomic E-state index is 11.0. The van der Waals surface area contributed by atoms with Crippen LogP contribution < -0.4 is 0 Å². The quantitative estimate of drug-likeness (QED) is 0.882. The summed E-state index contributed by atoms with van der Waals surface area (Å²) in [7, 11) is 0. The lowest BCUT2D eigenvalue weighted by Crippen LogP contribution is -2.23. The van der Waals surface area contributed by atoms with Crippen LogP contribution in [0.4, 0.5) is 0 Å². The lowest BCUT2D eigenvalue weighted by Gasteiger charge is -2.21. The maximum atomic E-state index is 11.0. The molecule has 1 aromatic heterocycles. The molecule has 0 spiro atoms. The van der Waals surface area contributed by atoms with Crippen LogP contribution >= 0.6 is 0 Å². The van der Waals surface area contributed by atoms with Crippen molar-refractivity contribution >= 4 is 5.97 Å². The van der Waals surface area contributed by atoms with Crippen molar-refractivity contribution in [2.75, 3.05) is 6.61 Å².